The van der Waals surface area contributed by atoms with Gasteiger partial charge >= 0.3 is 5.97 Å². The summed E-state index contributed by atoms with van der Waals surface area (Å²) >= 11 is 1.53. The molecule has 0 saturated carbocycles. The second-order valence-electron chi connectivity index (χ2n) is 6.59. The van der Waals surface area contributed by atoms with Crippen molar-refractivity contribution in [2.24, 2.45) is 0 Å². The number of rotatable bonds is 8. The predicted octanol–water partition coefficient (Wildman–Crippen LogP) is 4.07. The molecule has 0 saturated heterocycles. The van der Waals surface area contributed by atoms with Crippen LogP contribution in [0.3, 0.4) is 0 Å². The molecule has 2 aromatic carbocycles. The monoisotopic (exact) mass is 412 g/mol. The Balaban J connectivity index is 2.06. The normalized spacial score (nSPS) is 12.1. The summed E-state index contributed by atoms with van der Waals surface area (Å²) in [5.41, 5.74) is 1.89. The highest BCUT2D eigenvalue weighted by Gasteiger charge is 2.17. The molecule has 29 heavy (non-hydrogen) atoms. The van der Waals surface area contributed by atoms with Crippen molar-refractivity contribution < 1.29 is 14.3 Å². The molecule has 1 heterocycles. The van der Waals surface area contributed by atoms with Crippen LogP contribution in [-0.2, 0) is 16.0 Å². The molecule has 3 rings (SSSR count). The summed E-state index contributed by atoms with van der Waals surface area (Å²) in [7, 11) is 2.97. The largest absolute Gasteiger partial charge is 0.465 e. The van der Waals surface area contributed by atoms with Crippen LogP contribution in [0.5, 0.6) is 0 Å². The number of fused-ring (bicyclic) bond motifs is 1. The second kappa shape index (κ2) is 9.71. The standard InChI is InChI=1S/C22H24N2O4S/c1-15(16-8-5-4-6-9-16)29-22-23-19-14-17(21(26)28-3)10-11-18(19)20(25)24(22)12-7-13-27-2/h4-6,8-11,14-15H,7,12-13H2,1-3H3/t15-/m1/s1. The van der Waals surface area contributed by atoms with Gasteiger partial charge in [-0.2, -0.15) is 0 Å². The summed E-state index contributed by atoms with van der Waals surface area (Å²) in [6.45, 7) is 3.16. The van der Waals surface area contributed by atoms with E-state index in [1.807, 2.05) is 18.2 Å². The van der Waals surface area contributed by atoms with Crippen molar-refractivity contribution in [1.82, 2.24) is 9.55 Å². The van der Waals surface area contributed by atoms with E-state index >= 15 is 0 Å². The van der Waals surface area contributed by atoms with E-state index in [4.69, 9.17) is 14.5 Å². The zero-order valence-corrected chi connectivity index (χ0v) is 17.6. The summed E-state index contributed by atoms with van der Waals surface area (Å²) in [6.07, 6.45) is 0.705. The van der Waals surface area contributed by atoms with E-state index in [2.05, 4.69) is 19.1 Å². The third-order valence-corrected chi connectivity index (χ3v) is 5.77. The molecule has 0 radical (unpaired) electrons. The highest BCUT2D eigenvalue weighted by atomic mass is 32.2. The van der Waals surface area contributed by atoms with Crippen molar-refractivity contribution in [3.05, 3.63) is 70.0 Å². The minimum Gasteiger partial charge on any atom is -0.465 e. The molecule has 0 aliphatic rings. The zero-order chi connectivity index (χ0) is 20.8. The molecule has 0 bridgehead atoms. The number of ether oxygens (including phenoxy) is 2. The van der Waals surface area contributed by atoms with Crippen LogP contribution in [-0.4, -0.2) is 36.3 Å². The molecule has 1 aromatic heterocycles. The molecule has 0 N–H and O–H groups in total. The maximum Gasteiger partial charge on any atom is 0.337 e. The smallest absolute Gasteiger partial charge is 0.337 e. The number of benzene rings is 2. The van der Waals surface area contributed by atoms with Crippen LogP contribution in [0.4, 0.5) is 0 Å². The molecule has 3 aromatic rings. The Kier molecular flexibility index (Phi) is 7.06. The quantitative estimate of drug-likeness (QED) is 0.240. The summed E-state index contributed by atoms with van der Waals surface area (Å²) in [6, 6.07) is 14.9. The van der Waals surface area contributed by atoms with E-state index in [1.54, 1.807) is 29.9 Å². The van der Waals surface area contributed by atoms with Gasteiger partial charge in [-0.15, -0.1) is 0 Å². The molecular weight excluding hydrogens is 388 g/mol. The number of esters is 1. The van der Waals surface area contributed by atoms with Gasteiger partial charge in [-0.25, -0.2) is 9.78 Å². The maximum atomic E-state index is 13.2. The van der Waals surface area contributed by atoms with E-state index in [0.717, 1.165) is 5.56 Å². The fourth-order valence-corrected chi connectivity index (χ4v) is 4.11. The summed E-state index contributed by atoms with van der Waals surface area (Å²) in [5, 5.41) is 1.21. The molecule has 7 heteroatoms. The number of carbonyl (C=O) groups is 1. The average molecular weight is 413 g/mol. The fraction of sp³-hybridized carbons (Fsp3) is 0.318. The third-order valence-electron chi connectivity index (χ3n) is 4.62. The van der Waals surface area contributed by atoms with Crippen molar-refractivity contribution in [3.8, 4) is 0 Å². The van der Waals surface area contributed by atoms with Gasteiger partial charge in [-0.05, 0) is 37.1 Å². The van der Waals surface area contributed by atoms with E-state index < -0.39 is 5.97 Å². The van der Waals surface area contributed by atoms with Gasteiger partial charge in [0, 0.05) is 25.5 Å². The first-order valence-electron chi connectivity index (χ1n) is 9.38. The topological polar surface area (TPSA) is 70.4 Å². The number of nitrogens with zero attached hydrogens (tertiary/aromatic N) is 2. The molecule has 0 amide bonds. The molecule has 6 nitrogen and oxygen atoms in total. The number of hydrogen-bond donors (Lipinski definition) is 0. The molecule has 1 atom stereocenters. The lowest BCUT2D eigenvalue weighted by atomic mass is 10.1. The van der Waals surface area contributed by atoms with Gasteiger partial charge in [0.05, 0.1) is 23.6 Å². The van der Waals surface area contributed by atoms with E-state index in [-0.39, 0.29) is 10.8 Å². The molecule has 0 spiro atoms. The molecule has 0 fully saturated rings. The Hall–Kier alpha value is -2.64. The van der Waals surface area contributed by atoms with Gasteiger partial charge in [0.2, 0.25) is 0 Å². The van der Waals surface area contributed by atoms with E-state index in [9.17, 15) is 9.59 Å². The van der Waals surface area contributed by atoms with Gasteiger partial charge < -0.3 is 9.47 Å². The first kappa shape index (κ1) is 21.1. The number of thioether (sulfide) groups is 1. The highest BCUT2D eigenvalue weighted by molar-refractivity contribution is 7.99. The first-order valence-corrected chi connectivity index (χ1v) is 10.3. The minimum absolute atomic E-state index is 0.109. The maximum absolute atomic E-state index is 13.2. The fourth-order valence-electron chi connectivity index (χ4n) is 3.05. The van der Waals surface area contributed by atoms with E-state index in [0.29, 0.717) is 41.2 Å². The first-order chi connectivity index (χ1) is 14.0. The zero-order valence-electron chi connectivity index (χ0n) is 16.8. The van der Waals surface area contributed by atoms with Crippen molar-refractivity contribution in [2.75, 3.05) is 20.8 Å². The summed E-state index contributed by atoms with van der Waals surface area (Å²) < 4.78 is 11.6. The van der Waals surface area contributed by atoms with Gasteiger partial charge in [-0.1, -0.05) is 42.1 Å². The predicted molar refractivity (Wildman–Crippen MR) is 115 cm³/mol. The lowest BCUT2D eigenvalue weighted by Gasteiger charge is -2.17. The Labute approximate surface area is 173 Å². The van der Waals surface area contributed by atoms with Crippen LogP contribution in [0.2, 0.25) is 0 Å². The average Bonchev–Trinajstić information content (AvgIpc) is 2.75. The van der Waals surface area contributed by atoms with Crippen molar-refractivity contribution in [3.63, 3.8) is 0 Å². The molecule has 152 valence electrons. The number of hydrogen-bond acceptors (Lipinski definition) is 6. The number of carbonyl (C=O) groups excluding carboxylic acids is 1. The van der Waals surface area contributed by atoms with Crippen molar-refractivity contribution >= 4 is 28.6 Å². The molecular formula is C22H24N2O4S. The summed E-state index contributed by atoms with van der Waals surface area (Å²) in [5.74, 6) is -0.454. The van der Waals surface area contributed by atoms with Gasteiger partial charge in [0.1, 0.15) is 0 Å². The highest BCUT2D eigenvalue weighted by Crippen LogP contribution is 2.33. The second-order valence-corrected chi connectivity index (χ2v) is 7.90. The SMILES string of the molecule is COCCCn1c(S[C@H](C)c2ccccc2)nc2cc(C(=O)OC)ccc2c1=O. The van der Waals surface area contributed by atoms with E-state index in [1.165, 1.54) is 18.9 Å². The summed E-state index contributed by atoms with van der Waals surface area (Å²) in [4.78, 5) is 29.8. The van der Waals surface area contributed by atoms with Crippen LogP contribution in [0.25, 0.3) is 10.9 Å². The molecule has 0 aliphatic heterocycles. The Morgan fingerprint density at radius 1 is 1.17 bits per heavy atom. The van der Waals surface area contributed by atoms with Crippen LogP contribution >= 0.6 is 11.8 Å². The van der Waals surface area contributed by atoms with Crippen molar-refractivity contribution in [1.29, 1.82) is 0 Å². The minimum atomic E-state index is -0.454. The third kappa shape index (κ3) is 4.86. The number of methoxy groups -OCH3 is 2. The Bertz CT molecular complexity index is 1050. The van der Waals surface area contributed by atoms with Crippen LogP contribution in [0, 0.1) is 0 Å². The van der Waals surface area contributed by atoms with Crippen molar-refractivity contribution in [2.45, 2.75) is 30.3 Å². The molecule has 0 unspecified atom stereocenters. The Morgan fingerprint density at radius 2 is 1.93 bits per heavy atom. The van der Waals surface area contributed by atoms with Crippen LogP contribution in [0.1, 0.15) is 34.5 Å². The number of aromatic nitrogens is 2. The van der Waals surface area contributed by atoms with Crippen LogP contribution < -0.4 is 5.56 Å². The molecule has 0 aliphatic carbocycles. The van der Waals surface area contributed by atoms with Gasteiger partial charge in [-0.3, -0.25) is 9.36 Å². The van der Waals surface area contributed by atoms with Gasteiger partial charge in [0.25, 0.3) is 5.56 Å². The lowest BCUT2D eigenvalue weighted by molar-refractivity contribution is 0.0601. The lowest BCUT2D eigenvalue weighted by Crippen LogP contribution is -2.24. The Morgan fingerprint density at radius 3 is 2.62 bits per heavy atom. The van der Waals surface area contributed by atoms with Gasteiger partial charge in [0.15, 0.2) is 5.16 Å². The van der Waals surface area contributed by atoms with Crippen LogP contribution in [0.15, 0.2) is 58.5 Å².